The molecule has 1 heterocycles. The van der Waals surface area contributed by atoms with E-state index in [0.717, 1.165) is 24.8 Å². The van der Waals surface area contributed by atoms with Crippen molar-refractivity contribution in [2.75, 3.05) is 0 Å². The first kappa shape index (κ1) is 9.88. The topological polar surface area (TPSA) is 4.93 Å². The molecular formula is C14H16FN. The molecule has 0 saturated carbocycles. The Balaban J connectivity index is 2.37. The second-order valence-electron chi connectivity index (χ2n) is 4.54. The number of aryl methyl sites for hydroxylation is 2. The van der Waals surface area contributed by atoms with Crippen LogP contribution >= 0.6 is 0 Å². The molecular weight excluding hydrogens is 201 g/mol. The minimum absolute atomic E-state index is 0.117. The number of halogens is 1. The van der Waals surface area contributed by atoms with Gasteiger partial charge >= 0.3 is 0 Å². The molecule has 2 heteroatoms. The molecule has 0 fully saturated rings. The molecule has 0 atom stereocenters. The van der Waals surface area contributed by atoms with E-state index >= 15 is 0 Å². The van der Waals surface area contributed by atoms with Gasteiger partial charge < -0.3 is 4.57 Å². The molecule has 0 amide bonds. The van der Waals surface area contributed by atoms with Gasteiger partial charge in [0.1, 0.15) is 5.82 Å². The van der Waals surface area contributed by atoms with Crippen molar-refractivity contribution in [1.82, 2.24) is 4.57 Å². The van der Waals surface area contributed by atoms with E-state index in [1.54, 1.807) is 12.1 Å². The maximum atomic E-state index is 13.3. The average Bonchev–Trinajstić information content (AvgIpc) is 2.62. The lowest BCUT2D eigenvalue weighted by molar-refractivity contribution is 0.629. The van der Waals surface area contributed by atoms with E-state index in [-0.39, 0.29) is 5.82 Å². The molecule has 0 bridgehead atoms. The monoisotopic (exact) mass is 217 g/mol. The van der Waals surface area contributed by atoms with Crippen molar-refractivity contribution in [3.05, 3.63) is 35.3 Å². The van der Waals surface area contributed by atoms with E-state index in [2.05, 4.69) is 11.5 Å². The Morgan fingerprint density at radius 1 is 1.25 bits per heavy atom. The Hall–Kier alpha value is -1.31. The van der Waals surface area contributed by atoms with Gasteiger partial charge in [0, 0.05) is 23.1 Å². The predicted molar refractivity (Wildman–Crippen MR) is 64.2 cm³/mol. The van der Waals surface area contributed by atoms with Crippen LogP contribution < -0.4 is 0 Å². The predicted octanol–water partition coefficient (Wildman–Crippen LogP) is 3.68. The van der Waals surface area contributed by atoms with Crippen LogP contribution in [0.1, 0.15) is 31.0 Å². The molecule has 1 aromatic carbocycles. The quantitative estimate of drug-likeness (QED) is 0.686. The molecule has 1 aliphatic rings. The second-order valence-corrected chi connectivity index (χ2v) is 4.54. The van der Waals surface area contributed by atoms with Crippen LogP contribution in [0.15, 0.2) is 18.2 Å². The van der Waals surface area contributed by atoms with Crippen LogP contribution in [0, 0.1) is 5.82 Å². The summed E-state index contributed by atoms with van der Waals surface area (Å²) >= 11 is 0. The van der Waals surface area contributed by atoms with Crippen LogP contribution in [0.25, 0.3) is 10.9 Å². The van der Waals surface area contributed by atoms with Crippen molar-refractivity contribution < 1.29 is 4.39 Å². The third-order valence-corrected chi connectivity index (χ3v) is 3.66. The first-order valence-electron chi connectivity index (χ1n) is 6.10. The largest absolute Gasteiger partial charge is 0.345 e. The Kier molecular flexibility index (Phi) is 2.23. The summed E-state index contributed by atoms with van der Waals surface area (Å²) in [4.78, 5) is 0. The number of fused-ring (bicyclic) bond motifs is 3. The van der Waals surface area contributed by atoms with Crippen molar-refractivity contribution >= 4 is 10.9 Å². The average molecular weight is 217 g/mol. The zero-order valence-electron chi connectivity index (χ0n) is 9.59. The van der Waals surface area contributed by atoms with Gasteiger partial charge in [-0.25, -0.2) is 4.39 Å². The van der Waals surface area contributed by atoms with E-state index in [1.807, 2.05) is 6.07 Å². The number of hydrogen-bond acceptors (Lipinski definition) is 0. The standard InChI is InChI=1S/C14H16FN/c1-2-16-13-6-4-3-5-11(13)12-9-10(15)7-8-14(12)16/h7-9H,2-6H2,1H3. The van der Waals surface area contributed by atoms with E-state index in [1.165, 1.54) is 29.6 Å². The van der Waals surface area contributed by atoms with Gasteiger partial charge in [-0.15, -0.1) is 0 Å². The summed E-state index contributed by atoms with van der Waals surface area (Å²) in [5, 5.41) is 1.14. The highest BCUT2D eigenvalue weighted by molar-refractivity contribution is 5.86. The fourth-order valence-corrected chi connectivity index (χ4v) is 2.97. The second kappa shape index (κ2) is 3.62. The highest BCUT2D eigenvalue weighted by Crippen LogP contribution is 2.32. The van der Waals surface area contributed by atoms with E-state index in [0.29, 0.717) is 0 Å². The molecule has 0 aliphatic heterocycles. The van der Waals surface area contributed by atoms with Gasteiger partial charge in [-0.05, 0) is 56.4 Å². The van der Waals surface area contributed by atoms with Crippen molar-refractivity contribution in [2.24, 2.45) is 0 Å². The Morgan fingerprint density at radius 3 is 2.88 bits per heavy atom. The fourth-order valence-electron chi connectivity index (χ4n) is 2.97. The minimum Gasteiger partial charge on any atom is -0.345 e. The van der Waals surface area contributed by atoms with Gasteiger partial charge in [0.05, 0.1) is 0 Å². The van der Waals surface area contributed by atoms with Crippen LogP contribution in [0.5, 0.6) is 0 Å². The normalized spacial score (nSPS) is 15.4. The maximum absolute atomic E-state index is 13.3. The number of aromatic nitrogens is 1. The first-order chi connectivity index (χ1) is 7.81. The lowest BCUT2D eigenvalue weighted by Crippen LogP contribution is -2.06. The summed E-state index contributed by atoms with van der Waals surface area (Å²) in [6.45, 7) is 3.15. The molecule has 3 rings (SSSR count). The lowest BCUT2D eigenvalue weighted by atomic mass is 9.95. The molecule has 1 nitrogen and oxygen atoms in total. The molecule has 0 radical (unpaired) electrons. The Labute approximate surface area is 94.9 Å². The fraction of sp³-hybridized carbons (Fsp3) is 0.429. The molecule has 0 spiro atoms. The highest BCUT2D eigenvalue weighted by Gasteiger charge is 2.19. The van der Waals surface area contributed by atoms with Gasteiger partial charge in [-0.2, -0.15) is 0 Å². The smallest absolute Gasteiger partial charge is 0.123 e. The van der Waals surface area contributed by atoms with E-state index in [9.17, 15) is 4.39 Å². The third kappa shape index (κ3) is 1.29. The number of nitrogens with zero attached hydrogens (tertiary/aromatic N) is 1. The molecule has 84 valence electrons. The van der Waals surface area contributed by atoms with Crippen molar-refractivity contribution in [1.29, 1.82) is 0 Å². The Morgan fingerprint density at radius 2 is 2.06 bits per heavy atom. The first-order valence-corrected chi connectivity index (χ1v) is 6.10. The van der Waals surface area contributed by atoms with Gasteiger partial charge in [0.2, 0.25) is 0 Å². The van der Waals surface area contributed by atoms with Crippen LogP contribution in [0.2, 0.25) is 0 Å². The zero-order valence-corrected chi connectivity index (χ0v) is 9.59. The minimum atomic E-state index is -0.117. The number of rotatable bonds is 1. The van der Waals surface area contributed by atoms with Crippen LogP contribution in [-0.2, 0) is 19.4 Å². The molecule has 2 aromatic rings. The Bertz CT molecular complexity index is 539. The maximum Gasteiger partial charge on any atom is 0.123 e. The van der Waals surface area contributed by atoms with Gasteiger partial charge in [0.25, 0.3) is 0 Å². The molecule has 0 saturated heterocycles. The lowest BCUT2D eigenvalue weighted by Gasteiger charge is -2.14. The summed E-state index contributed by atoms with van der Waals surface area (Å²) in [5.74, 6) is -0.117. The molecule has 0 N–H and O–H groups in total. The SMILES string of the molecule is CCn1c2c(c3cc(F)ccc31)CCCC2. The van der Waals surface area contributed by atoms with Gasteiger partial charge in [-0.1, -0.05) is 0 Å². The summed E-state index contributed by atoms with van der Waals surface area (Å²) in [6, 6.07) is 5.19. The van der Waals surface area contributed by atoms with Crippen molar-refractivity contribution in [2.45, 2.75) is 39.2 Å². The molecule has 16 heavy (non-hydrogen) atoms. The van der Waals surface area contributed by atoms with Gasteiger partial charge in [0.15, 0.2) is 0 Å². The highest BCUT2D eigenvalue weighted by atomic mass is 19.1. The van der Waals surface area contributed by atoms with E-state index in [4.69, 9.17) is 0 Å². The van der Waals surface area contributed by atoms with Crippen molar-refractivity contribution in [3.63, 3.8) is 0 Å². The third-order valence-electron chi connectivity index (χ3n) is 3.66. The summed E-state index contributed by atoms with van der Waals surface area (Å²) < 4.78 is 15.7. The molecule has 1 aromatic heterocycles. The van der Waals surface area contributed by atoms with Gasteiger partial charge in [-0.3, -0.25) is 0 Å². The van der Waals surface area contributed by atoms with Crippen LogP contribution in [-0.4, -0.2) is 4.57 Å². The van der Waals surface area contributed by atoms with Crippen LogP contribution in [0.3, 0.4) is 0 Å². The van der Waals surface area contributed by atoms with E-state index < -0.39 is 0 Å². The summed E-state index contributed by atoms with van der Waals surface area (Å²) in [7, 11) is 0. The zero-order chi connectivity index (χ0) is 11.1. The number of benzene rings is 1. The van der Waals surface area contributed by atoms with Crippen molar-refractivity contribution in [3.8, 4) is 0 Å². The van der Waals surface area contributed by atoms with Crippen LogP contribution in [0.4, 0.5) is 4.39 Å². The summed E-state index contributed by atoms with van der Waals surface area (Å²) in [6.07, 6.45) is 4.78. The summed E-state index contributed by atoms with van der Waals surface area (Å²) in [5.41, 5.74) is 4.03. The molecule has 0 unspecified atom stereocenters. The molecule has 1 aliphatic carbocycles. The number of hydrogen-bond donors (Lipinski definition) is 0.